The highest BCUT2D eigenvalue weighted by Crippen LogP contribution is 2.50. The summed E-state index contributed by atoms with van der Waals surface area (Å²) in [6, 6.07) is 4.30. The lowest BCUT2D eigenvalue weighted by Crippen LogP contribution is -2.70. The quantitative estimate of drug-likeness (QED) is 0.354. The van der Waals surface area contributed by atoms with E-state index in [0.29, 0.717) is 22.3 Å². The first kappa shape index (κ1) is 22.5. The van der Waals surface area contributed by atoms with E-state index in [2.05, 4.69) is 5.32 Å². The minimum Gasteiger partial charge on any atom is -0.480 e. The van der Waals surface area contributed by atoms with Gasteiger partial charge in [0.15, 0.2) is 5.78 Å². The number of nitrogens with one attached hydrogen (secondary N) is 1. The molecule has 11 heteroatoms. The van der Waals surface area contributed by atoms with Crippen molar-refractivity contribution in [3.05, 3.63) is 34.9 Å². The maximum atomic E-state index is 12.7. The zero-order valence-electron chi connectivity index (χ0n) is 16.0. The third kappa shape index (κ3) is 4.15. The first-order chi connectivity index (χ1) is 14.1. The van der Waals surface area contributed by atoms with Crippen molar-refractivity contribution in [3.8, 4) is 5.40 Å². The molecule has 2 fully saturated rings. The van der Waals surface area contributed by atoms with Crippen LogP contribution in [0.1, 0.15) is 30.6 Å². The number of fused-ring (bicyclic) bond motifs is 1. The number of ketones is 1. The van der Waals surface area contributed by atoms with Gasteiger partial charge >= 0.3 is 5.97 Å². The monoisotopic (exact) mass is 467 g/mol. The second-order valence-corrected chi connectivity index (χ2v) is 10.6. The third-order valence-corrected chi connectivity index (χ3v) is 7.57. The van der Waals surface area contributed by atoms with Crippen molar-refractivity contribution in [2.45, 2.75) is 47.7 Å². The van der Waals surface area contributed by atoms with Gasteiger partial charge in [0.25, 0.3) is 0 Å². The standard InChI is InChI=1S/C19H18ClN3O5S2/c1-19(2)15(18(27)28)23-16(26)13(17(23)30-19)22-12(24)7-11(29-8-21)14(25)9-3-5-10(20)6-4-9/h3-6,11,13,15,17H,7H2,1-2H3,(H,22,24)(H,27,28)/t11?,13-,15+,17-/m1/s1. The van der Waals surface area contributed by atoms with E-state index in [0.717, 1.165) is 0 Å². The smallest absolute Gasteiger partial charge is 0.327 e. The van der Waals surface area contributed by atoms with Crippen LogP contribution in [0.15, 0.2) is 24.3 Å². The Morgan fingerprint density at radius 1 is 1.37 bits per heavy atom. The number of thiocyanates is 1. The Hall–Kier alpha value is -2.22. The topological polar surface area (TPSA) is 128 Å². The number of thioether (sulfide) groups is 2. The minimum absolute atomic E-state index is 0.285. The molecule has 2 heterocycles. The lowest BCUT2D eigenvalue weighted by atomic mass is 9.96. The first-order valence-electron chi connectivity index (χ1n) is 8.93. The van der Waals surface area contributed by atoms with Gasteiger partial charge in [0.05, 0.1) is 5.25 Å². The number of amides is 2. The fourth-order valence-electron chi connectivity index (χ4n) is 3.60. The maximum absolute atomic E-state index is 12.7. The summed E-state index contributed by atoms with van der Waals surface area (Å²) in [6.07, 6.45) is -0.285. The molecule has 1 aromatic rings. The molecule has 0 saturated carbocycles. The maximum Gasteiger partial charge on any atom is 0.327 e. The molecule has 0 bridgehead atoms. The number of hydrogen-bond acceptors (Lipinski definition) is 7. The van der Waals surface area contributed by atoms with Crippen LogP contribution in [0, 0.1) is 10.7 Å². The molecule has 3 rings (SSSR count). The number of rotatable bonds is 7. The van der Waals surface area contributed by atoms with Crippen LogP contribution in [-0.2, 0) is 14.4 Å². The van der Waals surface area contributed by atoms with E-state index in [1.165, 1.54) is 28.8 Å². The Balaban J connectivity index is 1.66. The van der Waals surface area contributed by atoms with Crippen LogP contribution in [0.5, 0.6) is 0 Å². The lowest BCUT2D eigenvalue weighted by molar-refractivity contribution is -0.161. The summed E-state index contributed by atoms with van der Waals surface area (Å²) < 4.78 is -0.699. The zero-order chi connectivity index (χ0) is 22.2. The molecule has 1 unspecified atom stereocenters. The van der Waals surface area contributed by atoms with Crippen molar-refractivity contribution in [2.75, 3.05) is 0 Å². The second kappa shape index (κ2) is 8.49. The molecule has 0 aliphatic carbocycles. The van der Waals surface area contributed by atoms with Gasteiger partial charge in [0, 0.05) is 21.8 Å². The van der Waals surface area contributed by atoms with Gasteiger partial charge < -0.3 is 15.3 Å². The van der Waals surface area contributed by atoms with Crippen molar-refractivity contribution in [2.24, 2.45) is 0 Å². The van der Waals surface area contributed by atoms with E-state index in [1.54, 1.807) is 26.0 Å². The van der Waals surface area contributed by atoms with E-state index in [4.69, 9.17) is 16.9 Å². The number of benzene rings is 1. The van der Waals surface area contributed by atoms with E-state index in [-0.39, 0.29) is 6.42 Å². The molecule has 0 radical (unpaired) electrons. The number of carboxylic acid groups (broad SMARTS) is 1. The van der Waals surface area contributed by atoms with Crippen molar-refractivity contribution in [1.82, 2.24) is 10.2 Å². The number of hydrogen-bond donors (Lipinski definition) is 2. The van der Waals surface area contributed by atoms with Crippen LogP contribution in [0.2, 0.25) is 5.02 Å². The van der Waals surface area contributed by atoms with Gasteiger partial charge in [-0.1, -0.05) is 11.6 Å². The van der Waals surface area contributed by atoms with Crippen LogP contribution in [-0.4, -0.2) is 61.0 Å². The number of carboxylic acids is 1. The molecule has 2 aliphatic rings. The largest absolute Gasteiger partial charge is 0.480 e. The van der Waals surface area contributed by atoms with Crippen LogP contribution in [0.4, 0.5) is 0 Å². The van der Waals surface area contributed by atoms with Crippen LogP contribution >= 0.6 is 35.1 Å². The van der Waals surface area contributed by atoms with Crippen LogP contribution < -0.4 is 5.32 Å². The molecule has 30 heavy (non-hydrogen) atoms. The number of Topliss-reactive ketones (excluding diaryl/α,β-unsaturated/α-hetero) is 1. The van der Waals surface area contributed by atoms with Gasteiger partial charge in [-0.15, -0.1) is 11.8 Å². The number of nitrogens with zero attached hydrogens (tertiary/aromatic N) is 2. The van der Waals surface area contributed by atoms with E-state index in [9.17, 15) is 24.3 Å². The molecule has 1 aromatic carbocycles. The van der Waals surface area contributed by atoms with Gasteiger partial charge in [-0.2, -0.15) is 5.26 Å². The summed E-state index contributed by atoms with van der Waals surface area (Å²) in [5.41, 5.74) is 0.322. The summed E-state index contributed by atoms with van der Waals surface area (Å²) >= 11 is 7.81. The zero-order valence-corrected chi connectivity index (χ0v) is 18.4. The molecule has 2 aliphatic heterocycles. The Bertz CT molecular complexity index is 946. The van der Waals surface area contributed by atoms with E-state index in [1.807, 2.05) is 5.40 Å². The van der Waals surface area contributed by atoms with Gasteiger partial charge in [0.1, 0.15) is 22.9 Å². The number of aliphatic carboxylic acids is 1. The van der Waals surface area contributed by atoms with Gasteiger partial charge in [-0.3, -0.25) is 14.4 Å². The summed E-state index contributed by atoms with van der Waals surface area (Å²) in [5, 5.41) is 21.9. The van der Waals surface area contributed by atoms with Crippen LogP contribution in [0.25, 0.3) is 0 Å². The Kier molecular flexibility index (Phi) is 6.36. The highest BCUT2D eigenvalue weighted by atomic mass is 35.5. The molecule has 8 nitrogen and oxygen atoms in total. The summed E-state index contributed by atoms with van der Waals surface area (Å²) in [7, 11) is 0. The summed E-state index contributed by atoms with van der Waals surface area (Å²) in [5.74, 6) is -2.50. The van der Waals surface area contributed by atoms with Crippen molar-refractivity contribution in [1.29, 1.82) is 5.26 Å². The molecule has 2 saturated heterocycles. The molecule has 0 spiro atoms. The fourth-order valence-corrected chi connectivity index (χ4v) is 5.95. The summed E-state index contributed by atoms with van der Waals surface area (Å²) in [4.78, 5) is 50.5. The van der Waals surface area contributed by atoms with Gasteiger partial charge in [0.2, 0.25) is 11.8 Å². The Morgan fingerprint density at radius 3 is 2.57 bits per heavy atom. The van der Waals surface area contributed by atoms with Crippen molar-refractivity contribution >= 4 is 58.7 Å². The molecule has 2 amide bonds. The highest BCUT2D eigenvalue weighted by Gasteiger charge is 2.64. The Morgan fingerprint density at radius 2 is 2.00 bits per heavy atom. The van der Waals surface area contributed by atoms with Crippen molar-refractivity contribution in [3.63, 3.8) is 0 Å². The lowest BCUT2D eigenvalue weighted by Gasteiger charge is -2.43. The minimum atomic E-state index is -1.09. The van der Waals surface area contributed by atoms with E-state index < -0.39 is 51.0 Å². The number of halogens is 1. The number of carbonyl (C=O) groups excluding carboxylic acids is 3. The SMILES string of the molecule is CC1(C)S[C@@H]2[C@H](NC(=O)CC(SC#N)C(=O)c3ccc(Cl)cc3)C(=O)N2[C@H]1C(=O)O. The molecule has 0 aromatic heterocycles. The average Bonchev–Trinajstić information content (AvgIpc) is 2.94. The molecule has 4 atom stereocenters. The number of nitriles is 1. The average molecular weight is 468 g/mol. The van der Waals surface area contributed by atoms with Crippen LogP contribution in [0.3, 0.4) is 0 Å². The van der Waals surface area contributed by atoms with Crippen molar-refractivity contribution < 1.29 is 24.3 Å². The number of carbonyl (C=O) groups is 4. The second-order valence-electron chi connectivity index (χ2n) is 7.42. The fraction of sp³-hybridized carbons (Fsp3) is 0.421. The Labute approximate surface area is 186 Å². The normalized spacial score (nSPS) is 24.9. The number of β-lactam (4-membered cyclic amide) rings is 1. The van der Waals surface area contributed by atoms with Gasteiger partial charge in [-0.25, -0.2) is 4.79 Å². The van der Waals surface area contributed by atoms with Gasteiger partial charge in [-0.05, 0) is 49.9 Å². The predicted molar refractivity (Wildman–Crippen MR) is 113 cm³/mol. The predicted octanol–water partition coefficient (Wildman–Crippen LogP) is 2.13. The molecular weight excluding hydrogens is 450 g/mol. The summed E-state index contributed by atoms with van der Waals surface area (Å²) in [6.45, 7) is 3.48. The first-order valence-corrected chi connectivity index (χ1v) is 11.1. The van der Waals surface area contributed by atoms with E-state index >= 15 is 0 Å². The highest BCUT2D eigenvalue weighted by molar-refractivity contribution is 8.05. The molecule has 158 valence electrons. The molecular formula is C19H18ClN3O5S2. The third-order valence-electron chi connectivity index (χ3n) is 4.98. The molecule has 2 N–H and O–H groups in total.